The van der Waals surface area contributed by atoms with Crippen LogP contribution in [0.3, 0.4) is 0 Å². The van der Waals surface area contributed by atoms with Gasteiger partial charge in [-0.1, -0.05) is 24.4 Å². The minimum absolute atomic E-state index is 0.0205. The van der Waals surface area contributed by atoms with Gasteiger partial charge in [0.05, 0.1) is 17.2 Å². The van der Waals surface area contributed by atoms with E-state index in [0.29, 0.717) is 5.02 Å². The number of halogens is 1. The molecule has 0 radical (unpaired) electrons. The molecule has 108 valence electrons. The SMILES string of the molecule is NC1CCCCC1C(=O)Nc1cc(Cl)ccc1C(=O)O. The summed E-state index contributed by atoms with van der Waals surface area (Å²) in [5.74, 6) is -1.61. The Balaban J connectivity index is 2.18. The summed E-state index contributed by atoms with van der Waals surface area (Å²) >= 11 is 5.85. The van der Waals surface area contributed by atoms with Gasteiger partial charge in [0.25, 0.3) is 0 Å². The highest BCUT2D eigenvalue weighted by atomic mass is 35.5. The maximum atomic E-state index is 12.2. The van der Waals surface area contributed by atoms with Gasteiger partial charge in [-0.05, 0) is 31.0 Å². The van der Waals surface area contributed by atoms with Crippen molar-refractivity contribution in [2.45, 2.75) is 31.7 Å². The molecule has 1 aromatic rings. The number of hydrogen-bond acceptors (Lipinski definition) is 3. The number of aromatic carboxylic acids is 1. The molecule has 5 nitrogen and oxygen atoms in total. The number of carbonyl (C=O) groups excluding carboxylic acids is 1. The van der Waals surface area contributed by atoms with Crippen LogP contribution >= 0.6 is 11.6 Å². The normalized spacial score (nSPS) is 22.3. The van der Waals surface area contributed by atoms with Gasteiger partial charge in [-0.15, -0.1) is 0 Å². The van der Waals surface area contributed by atoms with E-state index in [0.717, 1.165) is 25.7 Å². The highest BCUT2D eigenvalue weighted by Crippen LogP contribution is 2.26. The molecule has 0 heterocycles. The molecule has 1 saturated carbocycles. The first kappa shape index (κ1) is 14.8. The van der Waals surface area contributed by atoms with Crippen molar-refractivity contribution in [2.75, 3.05) is 5.32 Å². The fourth-order valence-corrected chi connectivity index (χ4v) is 2.69. The summed E-state index contributed by atoms with van der Waals surface area (Å²) in [6, 6.07) is 4.13. The molecule has 2 rings (SSSR count). The number of nitrogens with two attached hydrogens (primary N) is 1. The maximum absolute atomic E-state index is 12.2. The molecule has 0 aromatic heterocycles. The first-order valence-corrected chi connectivity index (χ1v) is 6.96. The summed E-state index contributed by atoms with van der Waals surface area (Å²) in [7, 11) is 0. The summed E-state index contributed by atoms with van der Waals surface area (Å²) in [6.45, 7) is 0. The Labute approximate surface area is 122 Å². The fraction of sp³-hybridized carbons (Fsp3) is 0.429. The zero-order valence-corrected chi connectivity index (χ0v) is 11.7. The van der Waals surface area contributed by atoms with E-state index in [1.807, 2.05) is 0 Å². The zero-order chi connectivity index (χ0) is 14.7. The van der Waals surface area contributed by atoms with Gasteiger partial charge in [-0.3, -0.25) is 4.79 Å². The zero-order valence-electron chi connectivity index (χ0n) is 10.9. The van der Waals surface area contributed by atoms with Crippen molar-refractivity contribution in [3.05, 3.63) is 28.8 Å². The molecule has 1 aliphatic carbocycles. The van der Waals surface area contributed by atoms with Crippen LogP contribution in [0.15, 0.2) is 18.2 Å². The minimum atomic E-state index is -1.11. The second-order valence-corrected chi connectivity index (χ2v) is 5.48. The predicted molar refractivity (Wildman–Crippen MR) is 77.0 cm³/mol. The lowest BCUT2D eigenvalue weighted by Gasteiger charge is -2.27. The molecule has 2 atom stereocenters. The molecule has 1 aliphatic rings. The molecule has 1 amide bonds. The van der Waals surface area contributed by atoms with E-state index in [2.05, 4.69) is 5.32 Å². The monoisotopic (exact) mass is 296 g/mol. The predicted octanol–water partition coefficient (Wildman–Crippen LogP) is 2.49. The number of amides is 1. The number of carbonyl (C=O) groups is 2. The van der Waals surface area contributed by atoms with Crippen LogP contribution in [-0.2, 0) is 4.79 Å². The van der Waals surface area contributed by atoms with Crippen LogP contribution in [-0.4, -0.2) is 23.0 Å². The van der Waals surface area contributed by atoms with Gasteiger partial charge in [0.2, 0.25) is 5.91 Å². The lowest BCUT2D eigenvalue weighted by atomic mass is 9.84. The number of carboxylic acid groups (broad SMARTS) is 1. The summed E-state index contributed by atoms with van der Waals surface area (Å²) in [5, 5.41) is 12.1. The molecule has 1 fully saturated rings. The van der Waals surface area contributed by atoms with Crippen LogP contribution in [0.4, 0.5) is 5.69 Å². The van der Waals surface area contributed by atoms with Crippen molar-refractivity contribution in [1.82, 2.24) is 0 Å². The summed E-state index contributed by atoms with van der Waals surface area (Å²) in [4.78, 5) is 23.4. The Morgan fingerprint density at radius 3 is 2.65 bits per heavy atom. The second-order valence-electron chi connectivity index (χ2n) is 5.04. The number of anilines is 1. The van der Waals surface area contributed by atoms with Gasteiger partial charge in [0, 0.05) is 11.1 Å². The average Bonchev–Trinajstić information content (AvgIpc) is 2.38. The number of carboxylic acids is 1. The van der Waals surface area contributed by atoms with Gasteiger partial charge in [-0.25, -0.2) is 4.79 Å². The Bertz CT molecular complexity index is 533. The van der Waals surface area contributed by atoms with Crippen molar-refractivity contribution >= 4 is 29.2 Å². The minimum Gasteiger partial charge on any atom is -0.478 e. The van der Waals surface area contributed by atoms with Crippen molar-refractivity contribution in [1.29, 1.82) is 0 Å². The number of nitrogens with one attached hydrogen (secondary N) is 1. The van der Waals surface area contributed by atoms with Gasteiger partial charge >= 0.3 is 5.97 Å². The van der Waals surface area contributed by atoms with E-state index >= 15 is 0 Å². The van der Waals surface area contributed by atoms with E-state index in [4.69, 9.17) is 22.4 Å². The molecule has 0 aliphatic heterocycles. The van der Waals surface area contributed by atoms with Crippen LogP contribution in [0.25, 0.3) is 0 Å². The van der Waals surface area contributed by atoms with Crippen LogP contribution < -0.4 is 11.1 Å². The van der Waals surface area contributed by atoms with E-state index in [1.54, 1.807) is 0 Å². The molecule has 2 unspecified atom stereocenters. The molecule has 0 spiro atoms. The topological polar surface area (TPSA) is 92.4 Å². The Morgan fingerprint density at radius 1 is 1.30 bits per heavy atom. The number of rotatable bonds is 3. The smallest absolute Gasteiger partial charge is 0.337 e. The molecule has 20 heavy (non-hydrogen) atoms. The maximum Gasteiger partial charge on any atom is 0.337 e. The molecule has 1 aromatic carbocycles. The van der Waals surface area contributed by atoms with E-state index in [-0.39, 0.29) is 29.1 Å². The van der Waals surface area contributed by atoms with Gasteiger partial charge in [0.1, 0.15) is 0 Å². The number of hydrogen-bond donors (Lipinski definition) is 3. The first-order chi connectivity index (χ1) is 9.49. The van der Waals surface area contributed by atoms with Crippen LogP contribution in [0.5, 0.6) is 0 Å². The molecular formula is C14H17ClN2O3. The van der Waals surface area contributed by atoms with Crippen LogP contribution in [0, 0.1) is 5.92 Å². The first-order valence-electron chi connectivity index (χ1n) is 6.58. The standard InChI is InChI=1S/C14H17ClN2O3/c15-8-5-6-10(14(19)20)12(7-8)17-13(18)9-3-1-2-4-11(9)16/h5-7,9,11H,1-4,16H2,(H,17,18)(H,19,20). The van der Waals surface area contributed by atoms with Crippen LogP contribution in [0.1, 0.15) is 36.0 Å². The molecule has 6 heteroatoms. The van der Waals surface area contributed by atoms with Crippen molar-refractivity contribution in [3.8, 4) is 0 Å². The summed E-state index contributed by atoms with van der Waals surface area (Å²) in [5.41, 5.74) is 6.19. The quantitative estimate of drug-likeness (QED) is 0.799. The largest absolute Gasteiger partial charge is 0.478 e. The summed E-state index contributed by atoms with van der Waals surface area (Å²) < 4.78 is 0. The third kappa shape index (κ3) is 3.29. The lowest BCUT2D eigenvalue weighted by Crippen LogP contribution is -2.40. The van der Waals surface area contributed by atoms with Crippen molar-refractivity contribution < 1.29 is 14.7 Å². The number of benzene rings is 1. The van der Waals surface area contributed by atoms with E-state index < -0.39 is 5.97 Å². The lowest BCUT2D eigenvalue weighted by molar-refractivity contribution is -0.121. The third-order valence-electron chi connectivity index (χ3n) is 3.63. The van der Waals surface area contributed by atoms with Gasteiger partial charge < -0.3 is 16.2 Å². The fourth-order valence-electron chi connectivity index (χ4n) is 2.52. The highest BCUT2D eigenvalue weighted by molar-refractivity contribution is 6.31. The summed E-state index contributed by atoms with van der Waals surface area (Å²) in [6.07, 6.45) is 3.55. The molecule has 0 saturated heterocycles. The Morgan fingerprint density at radius 2 is 2.00 bits per heavy atom. The van der Waals surface area contributed by atoms with Gasteiger partial charge in [0.15, 0.2) is 0 Å². The third-order valence-corrected chi connectivity index (χ3v) is 3.86. The van der Waals surface area contributed by atoms with Gasteiger partial charge in [-0.2, -0.15) is 0 Å². The van der Waals surface area contributed by atoms with Crippen LogP contribution in [0.2, 0.25) is 5.02 Å². The highest BCUT2D eigenvalue weighted by Gasteiger charge is 2.29. The Kier molecular flexibility index (Phi) is 4.62. The second kappa shape index (κ2) is 6.24. The molecule has 0 bridgehead atoms. The van der Waals surface area contributed by atoms with E-state index in [1.165, 1.54) is 18.2 Å². The Hall–Kier alpha value is -1.59. The van der Waals surface area contributed by atoms with E-state index in [9.17, 15) is 9.59 Å². The van der Waals surface area contributed by atoms with Crippen molar-refractivity contribution in [3.63, 3.8) is 0 Å². The molecular weight excluding hydrogens is 280 g/mol. The van der Waals surface area contributed by atoms with Crippen molar-refractivity contribution in [2.24, 2.45) is 11.7 Å². The molecule has 4 N–H and O–H groups in total. The average molecular weight is 297 g/mol.